The van der Waals surface area contributed by atoms with Crippen LogP contribution in [0.5, 0.6) is 0 Å². The van der Waals surface area contributed by atoms with Gasteiger partial charge in [-0.05, 0) is 54.1 Å². The molecule has 0 bridgehead atoms. The number of halogens is 1. The molecule has 0 spiro atoms. The predicted octanol–water partition coefficient (Wildman–Crippen LogP) is 2.46. The van der Waals surface area contributed by atoms with Gasteiger partial charge in [-0.25, -0.2) is 0 Å². The first-order valence-corrected chi connectivity index (χ1v) is 6.18. The first kappa shape index (κ1) is 11.0. The highest BCUT2D eigenvalue weighted by molar-refractivity contribution is 14.1. The molecule has 0 aliphatic carbocycles. The highest BCUT2D eigenvalue weighted by atomic mass is 127. The number of ether oxygens (including phenoxy) is 1. The Balaban J connectivity index is 2.10. The van der Waals surface area contributed by atoms with Gasteiger partial charge in [-0.2, -0.15) is 0 Å². The van der Waals surface area contributed by atoms with E-state index in [1.54, 1.807) is 0 Å². The zero-order valence-corrected chi connectivity index (χ0v) is 10.8. The van der Waals surface area contributed by atoms with E-state index in [-0.39, 0.29) is 0 Å². The number of rotatable bonds is 2. The average Bonchev–Trinajstić information content (AvgIpc) is 2.57. The lowest BCUT2D eigenvalue weighted by molar-refractivity contribution is 0.121. The molecule has 0 saturated carbocycles. The van der Waals surface area contributed by atoms with Crippen LogP contribution in [0.3, 0.4) is 0 Å². The summed E-state index contributed by atoms with van der Waals surface area (Å²) in [4.78, 5) is 0. The number of hydrogen-bond acceptors (Lipinski definition) is 3. The molecule has 2 atom stereocenters. The number of nitrogens with one attached hydrogen (secondary N) is 1. The Morgan fingerprint density at radius 1 is 1.53 bits per heavy atom. The van der Waals surface area contributed by atoms with E-state index in [0.717, 1.165) is 28.0 Å². The van der Waals surface area contributed by atoms with Crippen LogP contribution in [0.2, 0.25) is 0 Å². The summed E-state index contributed by atoms with van der Waals surface area (Å²) in [5, 5.41) is 3.50. The molecule has 4 heteroatoms. The van der Waals surface area contributed by atoms with Crippen molar-refractivity contribution in [3.8, 4) is 0 Å². The van der Waals surface area contributed by atoms with Gasteiger partial charge in [0.2, 0.25) is 0 Å². The molecule has 1 aromatic rings. The van der Waals surface area contributed by atoms with E-state index < -0.39 is 0 Å². The van der Waals surface area contributed by atoms with Crippen LogP contribution in [0.15, 0.2) is 18.2 Å². The van der Waals surface area contributed by atoms with Crippen LogP contribution >= 0.6 is 22.6 Å². The van der Waals surface area contributed by atoms with Crippen LogP contribution in [-0.4, -0.2) is 18.8 Å². The Morgan fingerprint density at radius 3 is 2.93 bits per heavy atom. The number of benzene rings is 1. The maximum absolute atomic E-state index is 5.71. The van der Waals surface area contributed by atoms with E-state index in [0.29, 0.717) is 12.1 Å². The Bertz CT molecular complexity index is 356. The van der Waals surface area contributed by atoms with Crippen molar-refractivity contribution >= 4 is 34.0 Å². The van der Waals surface area contributed by atoms with Gasteiger partial charge in [0.1, 0.15) is 0 Å². The number of nitrogens with two attached hydrogens (primary N) is 1. The molecule has 0 aromatic heterocycles. The fraction of sp³-hybridized carbons (Fsp3) is 0.455. The van der Waals surface area contributed by atoms with Gasteiger partial charge in [0.25, 0.3) is 0 Å². The van der Waals surface area contributed by atoms with Crippen LogP contribution in [-0.2, 0) is 4.74 Å². The second kappa shape index (κ2) is 4.57. The van der Waals surface area contributed by atoms with Crippen molar-refractivity contribution in [3.63, 3.8) is 0 Å². The SMILES string of the molecule is CC1OCCC1Nc1ccc(N)cc1I. The van der Waals surface area contributed by atoms with Crippen molar-refractivity contribution in [1.29, 1.82) is 0 Å². The maximum atomic E-state index is 5.71. The van der Waals surface area contributed by atoms with Crippen molar-refractivity contribution in [2.24, 2.45) is 0 Å². The molecule has 15 heavy (non-hydrogen) atoms. The maximum Gasteiger partial charge on any atom is 0.0748 e. The molecule has 1 heterocycles. The Labute approximate surface area is 104 Å². The fourth-order valence-electron chi connectivity index (χ4n) is 1.77. The summed E-state index contributed by atoms with van der Waals surface area (Å²) in [6.07, 6.45) is 1.36. The molecule has 1 aliphatic rings. The Hall–Kier alpha value is -0.490. The lowest BCUT2D eigenvalue weighted by atomic mass is 10.1. The molecule has 82 valence electrons. The van der Waals surface area contributed by atoms with Gasteiger partial charge in [-0.3, -0.25) is 0 Å². The van der Waals surface area contributed by atoms with E-state index >= 15 is 0 Å². The van der Waals surface area contributed by atoms with E-state index in [1.165, 1.54) is 0 Å². The third-order valence-corrected chi connectivity index (χ3v) is 3.60. The van der Waals surface area contributed by atoms with Crippen molar-refractivity contribution < 1.29 is 4.74 Å². The van der Waals surface area contributed by atoms with Gasteiger partial charge in [0, 0.05) is 21.6 Å². The molecule has 2 rings (SSSR count). The van der Waals surface area contributed by atoms with E-state index in [9.17, 15) is 0 Å². The Kier molecular flexibility index (Phi) is 3.35. The zero-order valence-electron chi connectivity index (χ0n) is 8.66. The highest BCUT2D eigenvalue weighted by Gasteiger charge is 2.24. The van der Waals surface area contributed by atoms with Crippen LogP contribution in [0.4, 0.5) is 11.4 Å². The number of anilines is 2. The predicted molar refractivity (Wildman–Crippen MR) is 71.0 cm³/mol. The van der Waals surface area contributed by atoms with Crippen LogP contribution in [0.25, 0.3) is 0 Å². The summed E-state index contributed by atoms with van der Waals surface area (Å²) < 4.78 is 6.67. The van der Waals surface area contributed by atoms with Crippen LogP contribution in [0.1, 0.15) is 13.3 Å². The normalized spacial score (nSPS) is 25.5. The molecule has 1 aromatic carbocycles. The van der Waals surface area contributed by atoms with Gasteiger partial charge >= 0.3 is 0 Å². The van der Waals surface area contributed by atoms with E-state index in [1.807, 2.05) is 18.2 Å². The van der Waals surface area contributed by atoms with Gasteiger partial charge in [-0.15, -0.1) is 0 Å². The molecule has 1 fully saturated rings. The first-order valence-electron chi connectivity index (χ1n) is 5.10. The topological polar surface area (TPSA) is 47.3 Å². The summed E-state index contributed by atoms with van der Waals surface area (Å²) >= 11 is 2.30. The summed E-state index contributed by atoms with van der Waals surface area (Å²) in [5.74, 6) is 0. The summed E-state index contributed by atoms with van der Waals surface area (Å²) in [6, 6.07) is 6.35. The quantitative estimate of drug-likeness (QED) is 0.650. The minimum absolute atomic E-state index is 0.290. The highest BCUT2D eigenvalue weighted by Crippen LogP contribution is 2.24. The molecule has 0 radical (unpaired) electrons. The standard InChI is InChI=1S/C11H15IN2O/c1-7-10(4-5-15-7)14-11-3-2-8(13)6-9(11)12/h2-3,6-7,10,14H,4-5,13H2,1H3. The van der Waals surface area contributed by atoms with Crippen molar-refractivity contribution in [1.82, 2.24) is 0 Å². The summed E-state index contributed by atoms with van der Waals surface area (Å²) in [5.41, 5.74) is 7.66. The fourth-order valence-corrected chi connectivity index (χ4v) is 2.46. The van der Waals surface area contributed by atoms with Gasteiger partial charge in [0.05, 0.1) is 12.1 Å². The van der Waals surface area contributed by atoms with E-state index in [4.69, 9.17) is 10.5 Å². The third kappa shape index (κ3) is 2.55. The molecule has 0 amide bonds. The molecule has 3 nitrogen and oxygen atoms in total. The monoisotopic (exact) mass is 318 g/mol. The van der Waals surface area contributed by atoms with Crippen LogP contribution < -0.4 is 11.1 Å². The Morgan fingerprint density at radius 2 is 2.33 bits per heavy atom. The van der Waals surface area contributed by atoms with Crippen LogP contribution in [0, 0.1) is 3.57 Å². The smallest absolute Gasteiger partial charge is 0.0748 e. The number of hydrogen-bond donors (Lipinski definition) is 2. The van der Waals surface area contributed by atoms with Gasteiger partial charge in [0.15, 0.2) is 0 Å². The molecule has 2 unspecified atom stereocenters. The minimum atomic E-state index is 0.290. The lowest BCUT2D eigenvalue weighted by Crippen LogP contribution is -2.27. The third-order valence-electron chi connectivity index (χ3n) is 2.71. The number of nitrogen functional groups attached to an aromatic ring is 1. The van der Waals surface area contributed by atoms with E-state index in [2.05, 4.69) is 34.8 Å². The zero-order chi connectivity index (χ0) is 10.8. The molecule has 1 aliphatic heterocycles. The first-order chi connectivity index (χ1) is 7.16. The second-order valence-electron chi connectivity index (χ2n) is 3.85. The largest absolute Gasteiger partial charge is 0.399 e. The van der Waals surface area contributed by atoms with Crippen molar-refractivity contribution in [3.05, 3.63) is 21.8 Å². The van der Waals surface area contributed by atoms with Gasteiger partial charge in [-0.1, -0.05) is 0 Å². The van der Waals surface area contributed by atoms with Gasteiger partial charge < -0.3 is 15.8 Å². The van der Waals surface area contributed by atoms with Crippen molar-refractivity contribution in [2.75, 3.05) is 17.7 Å². The average molecular weight is 318 g/mol. The second-order valence-corrected chi connectivity index (χ2v) is 5.02. The lowest BCUT2D eigenvalue weighted by Gasteiger charge is -2.18. The summed E-state index contributed by atoms with van der Waals surface area (Å²) in [7, 11) is 0. The van der Waals surface area contributed by atoms with Crippen molar-refractivity contribution in [2.45, 2.75) is 25.5 Å². The molecular formula is C11H15IN2O. The summed E-state index contributed by atoms with van der Waals surface area (Å²) in [6.45, 7) is 2.96. The molecular weight excluding hydrogens is 303 g/mol. The molecule has 1 saturated heterocycles. The molecule has 3 N–H and O–H groups in total. The minimum Gasteiger partial charge on any atom is -0.399 e.